The first-order chi connectivity index (χ1) is 13.0. The maximum Gasteiger partial charge on any atom is 0.271 e. The molecular formula is C19H13FN4O2S. The Labute approximate surface area is 157 Å². The van der Waals surface area contributed by atoms with Gasteiger partial charge in [-0.15, -0.1) is 11.3 Å². The molecule has 134 valence electrons. The molecule has 6 nitrogen and oxygen atoms in total. The van der Waals surface area contributed by atoms with Crippen molar-refractivity contribution >= 4 is 38.7 Å². The van der Waals surface area contributed by atoms with E-state index in [-0.39, 0.29) is 11.5 Å². The van der Waals surface area contributed by atoms with Gasteiger partial charge in [0.25, 0.3) is 5.69 Å². The fraction of sp³-hybridized carbons (Fsp3) is 0.0526. The van der Waals surface area contributed by atoms with Crippen LogP contribution in [0.3, 0.4) is 0 Å². The molecule has 2 heterocycles. The summed E-state index contributed by atoms with van der Waals surface area (Å²) in [6, 6.07) is 12.5. The van der Waals surface area contributed by atoms with Gasteiger partial charge in [0.15, 0.2) is 0 Å². The Kier molecular flexibility index (Phi) is 4.25. The van der Waals surface area contributed by atoms with Crippen LogP contribution in [-0.4, -0.2) is 14.9 Å². The normalized spacial score (nSPS) is 10.9. The number of nitrogens with one attached hydrogen (secondary N) is 1. The summed E-state index contributed by atoms with van der Waals surface area (Å²) in [5.74, 6) is 0.242. The van der Waals surface area contributed by atoms with Crippen molar-refractivity contribution in [3.05, 3.63) is 75.7 Å². The van der Waals surface area contributed by atoms with Gasteiger partial charge in [-0.25, -0.2) is 14.4 Å². The van der Waals surface area contributed by atoms with Crippen LogP contribution in [0.5, 0.6) is 0 Å². The van der Waals surface area contributed by atoms with Crippen molar-refractivity contribution in [2.24, 2.45) is 0 Å². The van der Waals surface area contributed by atoms with Gasteiger partial charge in [0.2, 0.25) is 0 Å². The molecule has 2 aromatic heterocycles. The van der Waals surface area contributed by atoms with Crippen molar-refractivity contribution < 1.29 is 9.31 Å². The number of nitro benzene ring substituents is 1. The molecule has 0 aliphatic rings. The van der Waals surface area contributed by atoms with Gasteiger partial charge < -0.3 is 5.32 Å². The van der Waals surface area contributed by atoms with Crippen molar-refractivity contribution in [3.8, 4) is 11.1 Å². The van der Waals surface area contributed by atoms with Gasteiger partial charge in [0.05, 0.1) is 10.3 Å². The lowest BCUT2D eigenvalue weighted by molar-refractivity contribution is -0.384. The van der Waals surface area contributed by atoms with Crippen molar-refractivity contribution in [1.82, 2.24) is 9.97 Å². The molecule has 8 heteroatoms. The number of aryl methyl sites for hydroxylation is 1. The second-order valence-electron chi connectivity index (χ2n) is 5.88. The Morgan fingerprint density at radius 3 is 2.67 bits per heavy atom. The fourth-order valence-corrected chi connectivity index (χ4v) is 3.95. The van der Waals surface area contributed by atoms with E-state index < -0.39 is 4.92 Å². The predicted molar refractivity (Wildman–Crippen MR) is 104 cm³/mol. The topological polar surface area (TPSA) is 81.0 Å². The second kappa shape index (κ2) is 6.73. The number of nitro groups is 1. The quantitative estimate of drug-likeness (QED) is 0.376. The van der Waals surface area contributed by atoms with E-state index in [1.807, 2.05) is 6.92 Å². The molecule has 2 aromatic carbocycles. The number of non-ortho nitro benzene ring substituents is 1. The van der Waals surface area contributed by atoms with E-state index in [2.05, 4.69) is 15.3 Å². The highest BCUT2D eigenvalue weighted by atomic mass is 32.1. The first kappa shape index (κ1) is 17.0. The van der Waals surface area contributed by atoms with E-state index in [4.69, 9.17) is 0 Å². The SMILES string of the molecule is Cc1sc2ncnc(Nc3cccc([N+](=O)[O-])c3)c2c1-c1ccc(F)cc1. The largest absolute Gasteiger partial charge is 0.339 e. The summed E-state index contributed by atoms with van der Waals surface area (Å²) in [5, 5.41) is 15.0. The van der Waals surface area contributed by atoms with E-state index in [0.29, 0.717) is 11.5 Å². The Bertz CT molecular complexity index is 1160. The molecule has 0 atom stereocenters. The minimum atomic E-state index is -0.445. The molecule has 0 fully saturated rings. The average Bonchev–Trinajstić information content (AvgIpc) is 2.99. The number of nitrogens with zero attached hydrogens (tertiary/aromatic N) is 3. The minimum Gasteiger partial charge on any atom is -0.339 e. The van der Waals surface area contributed by atoms with Crippen molar-refractivity contribution in [1.29, 1.82) is 0 Å². The van der Waals surface area contributed by atoms with Crippen molar-refractivity contribution in [2.45, 2.75) is 6.92 Å². The van der Waals surface area contributed by atoms with Crippen LogP contribution in [0, 0.1) is 22.9 Å². The van der Waals surface area contributed by atoms with Crippen LogP contribution in [0.4, 0.5) is 21.6 Å². The molecule has 0 bridgehead atoms. The van der Waals surface area contributed by atoms with Crippen molar-refractivity contribution in [2.75, 3.05) is 5.32 Å². The fourth-order valence-electron chi connectivity index (χ4n) is 2.94. The number of rotatable bonds is 4. The van der Waals surface area contributed by atoms with Crippen LogP contribution in [0.1, 0.15) is 4.88 Å². The highest BCUT2D eigenvalue weighted by Gasteiger charge is 2.17. The molecule has 4 rings (SSSR count). The first-order valence-corrected chi connectivity index (χ1v) is 8.86. The van der Waals surface area contributed by atoms with Crippen LogP contribution in [0.2, 0.25) is 0 Å². The summed E-state index contributed by atoms with van der Waals surface area (Å²) in [6.07, 6.45) is 1.45. The number of halogens is 1. The average molecular weight is 380 g/mol. The summed E-state index contributed by atoms with van der Waals surface area (Å²) in [6.45, 7) is 1.97. The number of benzene rings is 2. The highest BCUT2D eigenvalue weighted by Crippen LogP contribution is 2.41. The molecule has 1 N–H and O–H groups in total. The molecule has 0 amide bonds. The zero-order chi connectivity index (χ0) is 19.0. The van der Waals surface area contributed by atoms with Gasteiger partial charge in [0, 0.05) is 28.3 Å². The molecule has 0 aliphatic carbocycles. The van der Waals surface area contributed by atoms with Crippen molar-refractivity contribution in [3.63, 3.8) is 0 Å². The lowest BCUT2D eigenvalue weighted by Gasteiger charge is -2.09. The smallest absolute Gasteiger partial charge is 0.271 e. The lowest BCUT2D eigenvalue weighted by atomic mass is 10.0. The predicted octanol–water partition coefficient (Wildman–Crippen LogP) is 5.46. The Hall–Kier alpha value is -3.39. The standard InChI is InChI=1S/C19H13FN4O2S/c1-11-16(12-5-7-13(20)8-6-12)17-18(21-10-22-19(17)27-11)23-14-3-2-4-15(9-14)24(25)26/h2-10H,1H3,(H,21,22,23). The van der Waals surface area contributed by atoms with Crippen LogP contribution < -0.4 is 5.32 Å². The van der Waals surface area contributed by atoms with Gasteiger partial charge in [-0.05, 0) is 30.7 Å². The maximum absolute atomic E-state index is 13.3. The molecular weight excluding hydrogens is 367 g/mol. The molecule has 0 spiro atoms. The first-order valence-electron chi connectivity index (χ1n) is 8.04. The van der Waals surface area contributed by atoms with E-state index in [1.165, 1.54) is 41.9 Å². The van der Waals surface area contributed by atoms with Gasteiger partial charge >= 0.3 is 0 Å². The van der Waals surface area contributed by atoms with E-state index in [0.717, 1.165) is 26.2 Å². The third-order valence-electron chi connectivity index (χ3n) is 4.12. The molecule has 27 heavy (non-hydrogen) atoms. The Balaban J connectivity index is 1.85. The Morgan fingerprint density at radius 1 is 1.15 bits per heavy atom. The van der Waals surface area contributed by atoms with E-state index in [9.17, 15) is 14.5 Å². The summed E-state index contributed by atoms with van der Waals surface area (Å²) >= 11 is 1.52. The van der Waals surface area contributed by atoms with Crippen LogP contribution in [-0.2, 0) is 0 Å². The van der Waals surface area contributed by atoms with Gasteiger partial charge in [-0.2, -0.15) is 0 Å². The summed E-state index contributed by atoms with van der Waals surface area (Å²) < 4.78 is 13.3. The summed E-state index contributed by atoms with van der Waals surface area (Å²) in [5.41, 5.74) is 2.32. The van der Waals surface area contributed by atoms with E-state index in [1.54, 1.807) is 24.3 Å². The number of aromatic nitrogens is 2. The van der Waals surface area contributed by atoms with Gasteiger partial charge in [-0.1, -0.05) is 18.2 Å². The third-order valence-corrected chi connectivity index (χ3v) is 5.13. The molecule has 0 radical (unpaired) electrons. The zero-order valence-corrected chi connectivity index (χ0v) is 15.0. The molecule has 4 aromatic rings. The number of anilines is 2. The summed E-state index contributed by atoms with van der Waals surface area (Å²) in [4.78, 5) is 21.1. The Morgan fingerprint density at radius 2 is 1.93 bits per heavy atom. The van der Waals surface area contributed by atoms with Crippen LogP contribution in [0.15, 0.2) is 54.9 Å². The summed E-state index contributed by atoms with van der Waals surface area (Å²) in [7, 11) is 0. The molecule has 0 unspecified atom stereocenters. The van der Waals surface area contributed by atoms with Crippen LogP contribution >= 0.6 is 11.3 Å². The molecule has 0 saturated heterocycles. The number of hydrogen-bond acceptors (Lipinski definition) is 6. The number of thiophene rings is 1. The van der Waals surface area contributed by atoms with Gasteiger partial charge in [-0.3, -0.25) is 10.1 Å². The maximum atomic E-state index is 13.3. The number of hydrogen-bond donors (Lipinski definition) is 1. The number of fused-ring (bicyclic) bond motifs is 1. The third kappa shape index (κ3) is 3.22. The lowest BCUT2D eigenvalue weighted by Crippen LogP contribution is -1.97. The molecule has 0 aliphatic heterocycles. The highest BCUT2D eigenvalue weighted by molar-refractivity contribution is 7.19. The zero-order valence-electron chi connectivity index (χ0n) is 14.1. The monoisotopic (exact) mass is 380 g/mol. The molecule has 0 saturated carbocycles. The van der Waals surface area contributed by atoms with Gasteiger partial charge in [0.1, 0.15) is 22.8 Å². The van der Waals surface area contributed by atoms with Crippen LogP contribution in [0.25, 0.3) is 21.3 Å². The second-order valence-corrected chi connectivity index (χ2v) is 7.08. The van der Waals surface area contributed by atoms with E-state index >= 15 is 0 Å². The minimum absolute atomic E-state index is 0.00874.